The highest BCUT2D eigenvalue weighted by Gasteiger charge is 2.39. The Labute approximate surface area is 354 Å². The zero-order valence-electron chi connectivity index (χ0n) is 35.3. The van der Waals surface area contributed by atoms with Crippen molar-refractivity contribution in [2.45, 2.75) is 82.8 Å². The summed E-state index contributed by atoms with van der Waals surface area (Å²) in [6, 6.07) is 32.0. The normalized spacial score (nSPS) is 14.5. The molecule has 0 fully saturated rings. The lowest BCUT2D eigenvalue weighted by Gasteiger charge is -2.38. The number of carbonyl (C=O) groups excluding carboxylic acids is 2. The monoisotopic (exact) mass is 811 g/mol. The molecule has 2 amide bonds. The third-order valence-corrected chi connectivity index (χ3v) is 11.9. The zero-order chi connectivity index (χ0) is 43.0. The molecule has 0 bridgehead atoms. The van der Waals surface area contributed by atoms with Gasteiger partial charge in [0.05, 0.1) is 0 Å². The molecule has 60 heavy (non-hydrogen) atoms. The molecule has 6 rings (SSSR count). The number of benzene rings is 5. The first-order valence-corrected chi connectivity index (χ1v) is 21.1. The third-order valence-electron chi connectivity index (χ3n) is 11.9. The van der Waals surface area contributed by atoms with Crippen molar-refractivity contribution in [3.63, 3.8) is 0 Å². The number of rotatable bonds is 21. The van der Waals surface area contributed by atoms with Gasteiger partial charge in [-0.15, -0.1) is 0 Å². The predicted octanol–water partition coefficient (Wildman–Crippen LogP) is 4.37. The Morgan fingerprint density at radius 1 is 0.717 bits per heavy atom. The Kier molecular flexibility index (Phi) is 14.5. The van der Waals surface area contributed by atoms with E-state index in [4.69, 9.17) is 5.73 Å². The fourth-order valence-corrected chi connectivity index (χ4v) is 8.56. The van der Waals surface area contributed by atoms with Crippen molar-refractivity contribution in [2.24, 2.45) is 5.73 Å². The number of nitrogens with one attached hydrogen (secondary N) is 2. The highest BCUT2D eigenvalue weighted by Crippen LogP contribution is 2.36. The van der Waals surface area contributed by atoms with Crippen LogP contribution in [0.3, 0.4) is 0 Å². The molecule has 1 aliphatic heterocycles. The summed E-state index contributed by atoms with van der Waals surface area (Å²) in [6.07, 6.45) is 5.50. The second-order valence-corrected chi connectivity index (χ2v) is 16.9. The summed E-state index contributed by atoms with van der Waals surface area (Å²) in [7, 11) is 0.708. The lowest BCUT2D eigenvalue weighted by molar-refractivity contribution is 0.0565. The Hall–Kier alpha value is -5.01. The lowest BCUT2D eigenvalue weighted by Crippen LogP contribution is -2.56. The van der Waals surface area contributed by atoms with Crippen molar-refractivity contribution < 1.29 is 29.7 Å². The molecule has 0 aliphatic carbocycles. The second kappa shape index (κ2) is 19.6. The molecular weight excluding hydrogens is 752 g/mol. The minimum Gasteiger partial charge on any atom is -0.423 e. The van der Waals surface area contributed by atoms with Gasteiger partial charge in [0.1, 0.15) is 0 Å². The van der Waals surface area contributed by atoms with Gasteiger partial charge < -0.3 is 41.4 Å². The van der Waals surface area contributed by atoms with Gasteiger partial charge in [0, 0.05) is 78.1 Å². The number of carbonyl (C=O) groups is 2. The molecule has 8 N–H and O–H groups in total. The van der Waals surface area contributed by atoms with Crippen molar-refractivity contribution in [3.8, 4) is 0 Å². The van der Waals surface area contributed by atoms with Crippen LogP contribution in [-0.4, -0.2) is 89.3 Å². The highest BCUT2D eigenvalue weighted by atomic mass is 16.4. The van der Waals surface area contributed by atoms with Crippen molar-refractivity contribution in [3.05, 3.63) is 131 Å². The van der Waals surface area contributed by atoms with Crippen LogP contribution in [0.1, 0.15) is 89.8 Å². The third kappa shape index (κ3) is 10.5. The van der Waals surface area contributed by atoms with Gasteiger partial charge >= 0.3 is 14.2 Å². The average molecular weight is 812 g/mol. The fourth-order valence-electron chi connectivity index (χ4n) is 8.56. The summed E-state index contributed by atoms with van der Waals surface area (Å²) in [6.45, 7) is 5.44. The van der Waals surface area contributed by atoms with Crippen LogP contribution in [0.2, 0.25) is 0 Å². The van der Waals surface area contributed by atoms with E-state index in [0.717, 1.165) is 60.1 Å². The molecule has 1 aliphatic rings. The van der Waals surface area contributed by atoms with Gasteiger partial charge in [-0.3, -0.25) is 14.5 Å². The van der Waals surface area contributed by atoms with Crippen molar-refractivity contribution in [1.29, 1.82) is 0 Å². The molecule has 11 nitrogen and oxygen atoms in total. The summed E-state index contributed by atoms with van der Waals surface area (Å²) >= 11 is 0. The minimum absolute atomic E-state index is 0.0686. The van der Waals surface area contributed by atoms with Crippen LogP contribution in [0.15, 0.2) is 103 Å². The summed E-state index contributed by atoms with van der Waals surface area (Å²) in [5, 5.41) is 49.4. The van der Waals surface area contributed by atoms with E-state index in [1.165, 1.54) is 4.90 Å². The maximum atomic E-state index is 14.3. The van der Waals surface area contributed by atoms with Crippen LogP contribution in [0.5, 0.6) is 0 Å². The van der Waals surface area contributed by atoms with Crippen LogP contribution in [-0.2, 0) is 19.4 Å². The molecule has 5 aromatic carbocycles. The molecule has 0 saturated heterocycles. The lowest BCUT2D eigenvalue weighted by atomic mass is 9.73. The first-order chi connectivity index (χ1) is 28.7. The topological polar surface area (TPSA) is 172 Å². The second-order valence-electron chi connectivity index (χ2n) is 16.9. The molecule has 0 radical (unpaired) electrons. The van der Waals surface area contributed by atoms with Gasteiger partial charge in [0.2, 0.25) is 0 Å². The van der Waals surface area contributed by atoms with Gasteiger partial charge in [-0.05, 0) is 97.0 Å². The molecule has 0 spiro atoms. The number of anilines is 2. The van der Waals surface area contributed by atoms with E-state index in [2.05, 4.69) is 53.6 Å². The average Bonchev–Trinajstić information content (AvgIpc) is 3.23. The minimum atomic E-state index is -1.72. The SMILES string of the molecule is CCCCNc1ccc2c3c(cccc13)C(=O)N(CC(N)(CCCCC(C)(Cc1ccc(N(C)C)cc1)NCc1ccccc1B(O)O)Cc1ccccc1B(O)O)C2=O. The number of nitrogens with two attached hydrogens (primary N) is 1. The van der Waals surface area contributed by atoms with Gasteiger partial charge in [-0.2, -0.15) is 0 Å². The molecule has 5 aromatic rings. The van der Waals surface area contributed by atoms with Crippen molar-refractivity contribution in [1.82, 2.24) is 10.2 Å². The van der Waals surface area contributed by atoms with E-state index in [1.807, 2.05) is 56.6 Å². The summed E-state index contributed by atoms with van der Waals surface area (Å²) in [5.41, 5.74) is 12.1. The van der Waals surface area contributed by atoms with Gasteiger partial charge in [-0.1, -0.05) is 99.0 Å². The maximum Gasteiger partial charge on any atom is 0.488 e. The van der Waals surface area contributed by atoms with Crippen LogP contribution in [0.25, 0.3) is 10.8 Å². The number of nitrogens with zero attached hydrogens (tertiary/aromatic N) is 2. The van der Waals surface area contributed by atoms with E-state index < -0.39 is 37.1 Å². The maximum absolute atomic E-state index is 14.3. The first-order valence-electron chi connectivity index (χ1n) is 21.1. The molecule has 0 saturated carbocycles. The number of hydrogen-bond donors (Lipinski definition) is 7. The fraction of sp³-hybridized carbons (Fsp3) is 0.362. The molecule has 0 aromatic heterocycles. The molecule has 13 heteroatoms. The summed E-state index contributed by atoms with van der Waals surface area (Å²) in [5.74, 6) is -0.807. The number of imide groups is 1. The van der Waals surface area contributed by atoms with Crippen molar-refractivity contribution >= 4 is 59.1 Å². The molecule has 2 unspecified atom stereocenters. The first kappa shape index (κ1) is 44.5. The van der Waals surface area contributed by atoms with Crippen molar-refractivity contribution in [2.75, 3.05) is 37.4 Å². The number of amides is 2. The van der Waals surface area contributed by atoms with Gasteiger partial charge in [0.15, 0.2) is 0 Å². The van der Waals surface area contributed by atoms with Crippen LogP contribution in [0, 0.1) is 0 Å². The van der Waals surface area contributed by atoms with Crippen LogP contribution >= 0.6 is 0 Å². The Morgan fingerprint density at radius 3 is 1.98 bits per heavy atom. The smallest absolute Gasteiger partial charge is 0.423 e. The standard InChI is InChI=1S/C47H59B2N5O6/c1-5-6-28-51-42-25-24-39-43-37(42)16-13-17-38(43)44(55)54(45(39)56)32-47(50,30-34-14-7-9-18-40(34)48(57)58)27-12-11-26-46(2,29-33-20-22-36(23-21-33)53(3)4)52-31-35-15-8-10-19-41(35)49(59)60/h7-10,13-25,51-52,57-60H,5-6,11-12,26-32,50H2,1-4H3. The summed E-state index contributed by atoms with van der Waals surface area (Å²) < 4.78 is 0. The molecular formula is C47H59B2N5O6. The number of hydrogen-bond acceptors (Lipinski definition) is 10. The largest absolute Gasteiger partial charge is 0.488 e. The van der Waals surface area contributed by atoms with Crippen LogP contribution < -0.4 is 32.2 Å². The van der Waals surface area contributed by atoms with E-state index in [0.29, 0.717) is 58.8 Å². The van der Waals surface area contributed by atoms with Gasteiger partial charge in [0.25, 0.3) is 11.8 Å². The molecule has 1 heterocycles. The highest BCUT2D eigenvalue weighted by molar-refractivity contribution is 6.59. The Morgan fingerprint density at radius 2 is 1.33 bits per heavy atom. The quantitative estimate of drug-likeness (QED) is 0.0321. The molecule has 314 valence electrons. The van der Waals surface area contributed by atoms with Gasteiger partial charge in [-0.25, -0.2) is 0 Å². The zero-order valence-corrected chi connectivity index (χ0v) is 35.3. The van der Waals surface area contributed by atoms with E-state index >= 15 is 0 Å². The van der Waals surface area contributed by atoms with E-state index in [1.54, 1.807) is 36.4 Å². The van der Waals surface area contributed by atoms with E-state index in [-0.39, 0.29) is 13.0 Å². The predicted molar refractivity (Wildman–Crippen MR) is 244 cm³/mol. The summed E-state index contributed by atoms with van der Waals surface area (Å²) in [4.78, 5) is 32.0. The molecule has 2 atom stereocenters. The van der Waals surface area contributed by atoms with Crippen LogP contribution in [0.4, 0.5) is 11.4 Å². The Balaban J connectivity index is 1.25. The van der Waals surface area contributed by atoms with E-state index in [9.17, 15) is 29.7 Å². The number of unbranched alkanes of at least 4 members (excludes halogenated alkanes) is 2. The Bertz CT molecular complexity index is 2250.